The zero-order valence-electron chi connectivity index (χ0n) is 13.9. The minimum atomic E-state index is -2.00. The normalized spacial score (nSPS) is 11.7. The summed E-state index contributed by atoms with van der Waals surface area (Å²) in [5.41, 5.74) is 0. The Hall–Kier alpha value is -1.59. The topological polar surface area (TPSA) is 78.9 Å². The smallest absolute Gasteiger partial charge is 0.388 e. The Morgan fingerprint density at radius 1 is 0.714 bits per heavy atom. The summed E-state index contributed by atoms with van der Waals surface area (Å²) in [5.74, 6) is -5.13. The zero-order chi connectivity index (χ0) is 16.8. The van der Waals surface area contributed by atoms with Gasteiger partial charge in [0.25, 0.3) is 0 Å². The molecule has 0 bridgehead atoms. The molecule has 0 spiro atoms. The molecule has 122 valence electrons. The van der Waals surface area contributed by atoms with Crippen molar-refractivity contribution in [1.82, 2.24) is 0 Å². The van der Waals surface area contributed by atoms with Crippen molar-refractivity contribution in [2.45, 2.75) is 60.9 Å². The van der Waals surface area contributed by atoms with Crippen LogP contribution in [0.4, 0.5) is 0 Å². The van der Waals surface area contributed by atoms with Crippen molar-refractivity contribution in [2.24, 2.45) is 17.8 Å². The third-order valence-electron chi connectivity index (χ3n) is 2.62. The van der Waals surface area contributed by atoms with Gasteiger partial charge in [0.1, 0.15) is 0 Å². The summed E-state index contributed by atoms with van der Waals surface area (Å²) in [6.45, 7) is 11.4. The highest BCUT2D eigenvalue weighted by atomic mass is 16.9. The van der Waals surface area contributed by atoms with E-state index in [9.17, 15) is 14.4 Å². The fraction of sp³-hybridized carbons (Fsp3) is 0.800. The average Bonchev–Trinajstić information content (AvgIpc) is 2.37. The molecular weight excluding hydrogens is 276 g/mol. The highest BCUT2D eigenvalue weighted by Gasteiger charge is 2.43. The summed E-state index contributed by atoms with van der Waals surface area (Å²) in [6.07, 6.45) is 0.0163. The number of hydrogen-bond donors (Lipinski definition) is 0. The molecule has 0 saturated carbocycles. The van der Waals surface area contributed by atoms with Crippen LogP contribution in [0.15, 0.2) is 0 Å². The van der Waals surface area contributed by atoms with Crippen LogP contribution in [0.2, 0.25) is 0 Å². The second-order valence-corrected chi connectivity index (χ2v) is 5.76. The van der Waals surface area contributed by atoms with Crippen molar-refractivity contribution in [2.75, 3.05) is 0 Å². The minimum Gasteiger partial charge on any atom is -0.388 e. The maximum atomic E-state index is 11.8. The van der Waals surface area contributed by atoms with E-state index in [-0.39, 0.29) is 6.42 Å². The first-order valence-electron chi connectivity index (χ1n) is 7.23. The maximum Gasteiger partial charge on any atom is 0.423 e. The Kier molecular flexibility index (Phi) is 7.39. The van der Waals surface area contributed by atoms with Crippen LogP contribution in [-0.4, -0.2) is 23.9 Å². The van der Waals surface area contributed by atoms with E-state index in [1.807, 2.05) is 0 Å². The number of carbonyl (C=O) groups is 3. The molecule has 0 aliphatic rings. The Balaban J connectivity index is 5.32. The lowest BCUT2D eigenvalue weighted by molar-refractivity contribution is -0.334. The van der Waals surface area contributed by atoms with E-state index in [0.717, 1.165) is 0 Å². The highest BCUT2D eigenvalue weighted by molar-refractivity contribution is 5.76. The van der Waals surface area contributed by atoms with Gasteiger partial charge >= 0.3 is 23.9 Å². The molecule has 0 atom stereocenters. The molecule has 0 aromatic heterocycles. The molecule has 0 N–H and O–H groups in total. The predicted molar refractivity (Wildman–Crippen MR) is 75.8 cm³/mol. The molecule has 0 rings (SSSR count). The van der Waals surface area contributed by atoms with Crippen LogP contribution in [0.3, 0.4) is 0 Å². The lowest BCUT2D eigenvalue weighted by Gasteiger charge is -2.32. The number of carbonyl (C=O) groups excluding carboxylic acids is 3. The Bertz CT molecular complexity index is 329. The van der Waals surface area contributed by atoms with Crippen molar-refractivity contribution in [3.8, 4) is 0 Å². The minimum absolute atomic E-state index is 0.0163. The molecule has 0 aliphatic heterocycles. The van der Waals surface area contributed by atoms with Crippen molar-refractivity contribution in [3.05, 3.63) is 0 Å². The van der Waals surface area contributed by atoms with Crippen LogP contribution in [0.1, 0.15) is 54.9 Å². The van der Waals surface area contributed by atoms with E-state index in [1.165, 1.54) is 0 Å². The summed E-state index contributed by atoms with van der Waals surface area (Å²) < 4.78 is 15.5. The van der Waals surface area contributed by atoms with E-state index >= 15 is 0 Å². The molecule has 21 heavy (non-hydrogen) atoms. The van der Waals surface area contributed by atoms with Gasteiger partial charge < -0.3 is 14.2 Å². The fourth-order valence-corrected chi connectivity index (χ4v) is 1.09. The molecule has 6 heteroatoms. The quantitative estimate of drug-likeness (QED) is 0.531. The van der Waals surface area contributed by atoms with Gasteiger partial charge in [0.05, 0.1) is 24.2 Å². The van der Waals surface area contributed by atoms with Gasteiger partial charge in [-0.2, -0.15) is 0 Å². The lowest BCUT2D eigenvalue weighted by Crippen LogP contribution is -2.46. The molecule has 0 fully saturated rings. The molecule has 0 aromatic rings. The van der Waals surface area contributed by atoms with Crippen LogP contribution >= 0.6 is 0 Å². The van der Waals surface area contributed by atoms with E-state index in [4.69, 9.17) is 14.2 Å². The van der Waals surface area contributed by atoms with Gasteiger partial charge in [-0.05, 0) is 0 Å². The lowest BCUT2D eigenvalue weighted by atomic mass is 10.2. The van der Waals surface area contributed by atoms with E-state index in [2.05, 4.69) is 0 Å². The third-order valence-corrected chi connectivity index (χ3v) is 2.62. The summed E-state index contributed by atoms with van der Waals surface area (Å²) in [4.78, 5) is 35.4. The molecule has 6 nitrogen and oxygen atoms in total. The van der Waals surface area contributed by atoms with Gasteiger partial charge in [0.2, 0.25) is 0 Å². The number of esters is 3. The fourth-order valence-electron chi connectivity index (χ4n) is 1.09. The van der Waals surface area contributed by atoms with Crippen molar-refractivity contribution in [3.63, 3.8) is 0 Å². The zero-order valence-corrected chi connectivity index (χ0v) is 13.9. The first kappa shape index (κ1) is 19.4. The summed E-state index contributed by atoms with van der Waals surface area (Å²) >= 11 is 0. The molecule has 0 amide bonds. The van der Waals surface area contributed by atoms with Gasteiger partial charge in [-0.25, -0.2) is 0 Å². The first-order chi connectivity index (χ1) is 9.54. The van der Waals surface area contributed by atoms with Gasteiger partial charge in [-0.3, -0.25) is 14.4 Å². The van der Waals surface area contributed by atoms with E-state index in [0.29, 0.717) is 0 Å². The van der Waals surface area contributed by atoms with Gasteiger partial charge in [0.15, 0.2) is 0 Å². The SMILES string of the molecule is CCC(OC(=O)C(C)C)(OC(=O)C(C)C)OC(=O)C(C)C. The third kappa shape index (κ3) is 6.14. The monoisotopic (exact) mass is 302 g/mol. The number of hydrogen-bond acceptors (Lipinski definition) is 6. The molecule has 0 heterocycles. The second-order valence-electron chi connectivity index (χ2n) is 5.76. The van der Waals surface area contributed by atoms with Crippen molar-refractivity contribution in [1.29, 1.82) is 0 Å². The van der Waals surface area contributed by atoms with Crippen molar-refractivity contribution >= 4 is 17.9 Å². The van der Waals surface area contributed by atoms with Gasteiger partial charge in [0, 0.05) is 0 Å². The summed E-state index contributed by atoms with van der Waals surface area (Å²) in [5, 5.41) is 0. The molecular formula is C15H26O6. The molecule has 0 aromatic carbocycles. The second kappa shape index (κ2) is 8.00. The van der Waals surface area contributed by atoms with Crippen LogP contribution in [0, 0.1) is 17.8 Å². The summed E-state index contributed by atoms with van der Waals surface area (Å²) in [7, 11) is 0. The number of rotatable bonds is 7. The van der Waals surface area contributed by atoms with Gasteiger partial charge in [-0.15, -0.1) is 0 Å². The van der Waals surface area contributed by atoms with Crippen LogP contribution in [0.5, 0.6) is 0 Å². The van der Waals surface area contributed by atoms with E-state index < -0.39 is 41.6 Å². The van der Waals surface area contributed by atoms with Crippen molar-refractivity contribution < 1.29 is 28.6 Å². The maximum absolute atomic E-state index is 11.8. The first-order valence-corrected chi connectivity index (χ1v) is 7.23. The largest absolute Gasteiger partial charge is 0.423 e. The Morgan fingerprint density at radius 3 is 1.10 bits per heavy atom. The Labute approximate surface area is 126 Å². The molecule has 0 radical (unpaired) electrons. The van der Waals surface area contributed by atoms with Gasteiger partial charge in [-0.1, -0.05) is 48.5 Å². The molecule has 0 saturated heterocycles. The Morgan fingerprint density at radius 2 is 0.952 bits per heavy atom. The van der Waals surface area contributed by atoms with E-state index in [1.54, 1.807) is 48.5 Å². The van der Waals surface area contributed by atoms with Crippen LogP contribution < -0.4 is 0 Å². The van der Waals surface area contributed by atoms with Crippen LogP contribution in [-0.2, 0) is 28.6 Å². The standard InChI is InChI=1S/C15H26O6/c1-8-15(19-12(16)9(2)3,20-13(17)10(4)5)21-14(18)11(6)7/h9-11H,8H2,1-7H3. The van der Waals surface area contributed by atoms with Crippen LogP contribution in [0.25, 0.3) is 0 Å². The molecule has 0 aliphatic carbocycles. The predicted octanol–water partition coefficient (Wildman–Crippen LogP) is 2.65. The summed E-state index contributed by atoms with van der Waals surface area (Å²) in [6, 6.07) is 0. The molecule has 0 unspecified atom stereocenters. The highest BCUT2D eigenvalue weighted by Crippen LogP contribution is 2.25. The number of ether oxygens (including phenoxy) is 3. The average molecular weight is 302 g/mol.